The van der Waals surface area contributed by atoms with E-state index in [1.807, 2.05) is 13.8 Å². The zero-order valence-electron chi connectivity index (χ0n) is 11.7. The van der Waals surface area contributed by atoms with Crippen molar-refractivity contribution in [2.45, 2.75) is 39.5 Å². The zero-order valence-corrected chi connectivity index (χ0v) is 11.7. The zero-order chi connectivity index (χ0) is 13.5. The number of nitrogens with zero attached hydrogens (tertiary/aromatic N) is 3. The van der Waals surface area contributed by atoms with E-state index in [1.54, 1.807) is 0 Å². The van der Waals surface area contributed by atoms with Gasteiger partial charge in [0.25, 0.3) is 0 Å². The van der Waals surface area contributed by atoms with Gasteiger partial charge in [-0.2, -0.15) is 9.97 Å². The Hall–Kier alpha value is -1.59. The monoisotopic (exact) mass is 266 g/mol. The number of ether oxygens (including phenoxy) is 2. The number of aromatic nitrogens is 3. The quantitative estimate of drug-likeness (QED) is 0.778. The van der Waals surface area contributed by atoms with Gasteiger partial charge in [-0.1, -0.05) is 19.3 Å². The fourth-order valence-corrected chi connectivity index (χ4v) is 1.93. The third-order valence-electron chi connectivity index (χ3n) is 3.18. The van der Waals surface area contributed by atoms with Gasteiger partial charge in [-0.25, -0.2) is 0 Å². The predicted molar refractivity (Wildman–Crippen MR) is 72.6 cm³/mol. The molecule has 106 valence electrons. The van der Waals surface area contributed by atoms with E-state index in [9.17, 15) is 0 Å². The van der Waals surface area contributed by atoms with E-state index in [1.165, 1.54) is 19.3 Å². The summed E-state index contributed by atoms with van der Waals surface area (Å²) in [5.41, 5.74) is 0. The number of anilines is 1. The van der Waals surface area contributed by atoms with Crippen molar-refractivity contribution in [1.29, 1.82) is 0 Å². The second-order valence-corrected chi connectivity index (χ2v) is 4.62. The molecule has 1 N–H and O–H groups in total. The number of rotatable bonds is 8. The molecule has 0 aromatic carbocycles. The van der Waals surface area contributed by atoms with E-state index in [0.29, 0.717) is 31.2 Å². The smallest absolute Gasteiger partial charge is 0.324 e. The molecule has 0 unspecified atom stereocenters. The molecule has 0 radical (unpaired) electrons. The first-order valence-corrected chi connectivity index (χ1v) is 7.07. The van der Waals surface area contributed by atoms with E-state index in [0.717, 1.165) is 18.9 Å². The van der Waals surface area contributed by atoms with Crippen molar-refractivity contribution in [1.82, 2.24) is 15.0 Å². The topological polar surface area (TPSA) is 69.2 Å². The van der Waals surface area contributed by atoms with Crippen LogP contribution in [0, 0.1) is 5.92 Å². The molecule has 1 fully saturated rings. The highest BCUT2D eigenvalue weighted by atomic mass is 16.5. The molecule has 1 heterocycles. The van der Waals surface area contributed by atoms with Crippen LogP contribution in [-0.4, -0.2) is 34.7 Å². The first-order valence-electron chi connectivity index (χ1n) is 7.07. The van der Waals surface area contributed by atoms with Crippen molar-refractivity contribution in [2.24, 2.45) is 5.92 Å². The first-order chi connectivity index (χ1) is 9.31. The van der Waals surface area contributed by atoms with E-state index >= 15 is 0 Å². The molecular weight excluding hydrogens is 244 g/mol. The first kappa shape index (κ1) is 13.8. The SMILES string of the molecule is CCNc1nc(OCC)nc(OCCC2CCC2)n1. The highest BCUT2D eigenvalue weighted by Gasteiger charge is 2.17. The molecule has 0 atom stereocenters. The summed E-state index contributed by atoms with van der Waals surface area (Å²) in [4.78, 5) is 12.5. The van der Waals surface area contributed by atoms with Crippen LogP contribution in [0.3, 0.4) is 0 Å². The summed E-state index contributed by atoms with van der Waals surface area (Å²) in [7, 11) is 0. The van der Waals surface area contributed by atoms with Gasteiger partial charge in [-0.05, 0) is 26.2 Å². The van der Waals surface area contributed by atoms with Crippen molar-refractivity contribution in [2.75, 3.05) is 25.1 Å². The lowest BCUT2D eigenvalue weighted by Gasteiger charge is -2.24. The summed E-state index contributed by atoms with van der Waals surface area (Å²) in [6.45, 7) is 5.81. The van der Waals surface area contributed by atoms with Crippen LogP contribution < -0.4 is 14.8 Å². The number of nitrogens with one attached hydrogen (secondary N) is 1. The van der Waals surface area contributed by atoms with Gasteiger partial charge in [-0.3, -0.25) is 0 Å². The van der Waals surface area contributed by atoms with Crippen molar-refractivity contribution < 1.29 is 9.47 Å². The van der Waals surface area contributed by atoms with Gasteiger partial charge in [0, 0.05) is 6.54 Å². The van der Waals surface area contributed by atoms with Crippen molar-refractivity contribution in [3.8, 4) is 12.0 Å². The maximum atomic E-state index is 5.60. The largest absolute Gasteiger partial charge is 0.464 e. The summed E-state index contributed by atoms with van der Waals surface area (Å²) < 4.78 is 10.9. The fraction of sp³-hybridized carbons (Fsp3) is 0.769. The molecular formula is C13H22N4O2. The van der Waals surface area contributed by atoms with Crippen molar-refractivity contribution in [3.63, 3.8) is 0 Å². The molecule has 1 saturated carbocycles. The second-order valence-electron chi connectivity index (χ2n) is 4.62. The molecule has 0 spiro atoms. The molecule has 1 aromatic rings. The van der Waals surface area contributed by atoms with Crippen LogP contribution in [0.4, 0.5) is 5.95 Å². The Balaban J connectivity index is 1.92. The van der Waals surface area contributed by atoms with Crippen LogP contribution in [0.2, 0.25) is 0 Å². The summed E-state index contributed by atoms with van der Waals surface area (Å²) in [5.74, 6) is 1.32. The standard InChI is InChI=1S/C13H22N4O2/c1-3-14-11-15-12(18-4-2)17-13(16-11)19-9-8-10-6-5-7-10/h10H,3-9H2,1-2H3,(H,14,15,16,17). The molecule has 1 aromatic heterocycles. The summed E-state index contributed by atoms with van der Waals surface area (Å²) >= 11 is 0. The van der Waals surface area contributed by atoms with E-state index < -0.39 is 0 Å². The minimum atomic E-state index is 0.312. The Kier molecular flexibility index (Phi) is 5.18. The Bertz CT molecular complexity index is 372. The van der Waals surface area contributed by atoms with Crippen LogP contribution in [0.25, 0.3) is 0 Å². The lowest BCUT2D eigenvalue weighted by molar-refractivity contribution is 0.208. The Labute approximate surface area is 114 Å². The third-order valence-corrected chi connectivity index (χ3v) is 3.18. The highest BCUT2D eigenvalue weighted by molar-refractivity contribution is 5.27. The van der Waals surface area contributed by atoms with Crippen molar-refractivity contribution in [3.05, 3.63) is 0 Å². The van der Waals surface area contributed by atoms with Crippen LogP contribution in [0.5, 0.6) is 12.0 Å². The molecule has 0 saturated heterocycles. The van der Waals surface area contributed by atoms with Crippen LogP contribution in [0.15, 0.2) is 0 Å². The molecule has 0 aliphatic heterocycles. The molecule has 19 heavy (non-hydrogen) atoms. The minimum absolute atomic E-state index is 0.312. The molecule has 2 rings (SSSR count). The average Bonchev–Trinajstić information content (AvgIpc) is 2.33. The summed E-state index contributed by atoms with van der Waals surface area (Å²) in [6, 6.07) is 0.654. The van der Waals surface area contributed by atoms with Crippen LogP contribution in [-0.2, 0) is 0 Å². The normalized spacial score (nSPS) is 14.8. The molecule has 0 bridgehead atoms. The Morgan fingerprint density at radius 1 is 1.11 bits per heavy atom. The molecule has 6 nitrogen and oxygen atoms in total. The fourth-order valence-electron chi connectivity index (χ4n) is 1.93. The van der Waals surface area contributed by atoms with Gasteiger partial charge in [0.2, 0.25) is 5.95 Å². The summed E-state index contributed by atoms with van der Waals surface area (Å²) in [6.07, 6.45) is 5.09. The van der Waals surface area contributed by atoms with E-state index in [2.05, 4.69) is 20.3 Å². The van der Waals surface area contributed by atoms with Gasteiger partial charge < -0.3 is 14.8 Å². The van der Waals surface area contributed by atoms with Gasteiger partial charge in [0.05, 0.1) is 13.2 Å². The Morgan fingerprint density at radius 2 is 1.84 bits per heavy atom. The van der Waals surface area contributed by atoms with Gasteiger partial charge in [-0.15, -0.1) is 4.98 Å². The second kappa shape index (κ2) is 7.11. The van der Waals surface area contributed by atoms with Gasteiger partial charge in [0.15, 0.2) is 0 Å². The number of hydrogen-bond acceptors (Lipinski definition) is 6. The predicted octanol–water partition coefficient (Wildman–Crippen LogP) is 2.27. The van der Waals surface area contributed by atoms with Crippen molar-refractivity contribution >= 4 is 5.95 Å². The van der Waals surface area contributed by atoms with E-state index in [-0.39, 0.29) is 0 Å². The third kappa shape index (κ3) is 4.22. The lowest BCUT2D eigenvalue weighted by Crippen LogP contribution is -2.15. The van der Waals surface area contributed by atoms with Crippen LogP contribution in [0.1, 0.15) is 39.5 Å². The number of hydrogen-bond donors (Lipinski definition) is 1. The molecule has 0 amide bonds. The minimum Gasteiger partial charge on any atom is -0.464 e. The lowest BCUT2D eigenvalue weighted by atomic mass is 9.83. The highest BCUT2D eigenvalue weighted by Crippen LogP contribution is 2.29. The summed E-state index contributed by atoms with van der Waals surface area (Å²) in [5, 5.41) is 3.05. The van der Waals surface area contributed by atoms with Gasteiger partial charge >= 0.3 is 12.0 Å². The maximum Gasteiger partial charge on any atom is 0.324 e. The molecule has 1 aliphatic carbocycles. The molecule has 6 heteroatoms. The maximum absolute atomic E-state index is 5.60. The Morgan fingerprint density at radius 3 is 2.42 bits per heavy atom. The molecule has 1 aliphatic rings. The van der Waals surface area contributed by atoms with E-state index in [4.69, 9.17) is 9.47 Å². The van der Waals surface area contributed by atoms with Gasteiger partial charge in [0.1, 0.15) is 0 Å². The average molecular weight is 266 g/mol. The van der Waals surface area contributed by atoms with Crippen LogP contribution >= 0.6 is 0 Å².